The molecule has 1 aromatic heterocycles. The molecule has 2 heterocycles. The molecule has 3 atom stereocenters. The Morgan fingerprint density at radius 2 is 1.94 bits per heavy atom. The van der Waals surface area contributed by atoms with Gasteiger partial charge in [0.2, 0.25) is 0 Å². The zero-order valence-electron chi connectivity index (χ0n) is 18.9. The Hall–Kier alpha value is -3.06. The summed E-state index contributed by atoms with van der Waals surface area (Å²) in [6.45, 7) is 6.75. The number of rotatable bonds is 5. The molecule has 3 unspecified atom stereocenters. The van der Waals surface area contributed by atoms with Crippen LogP contribution >= 0.6 is 11.3 Å². The fourth-order valence-corrected chi connectivity index (χ4v) is 5.77. The lowest BCUT2D eigenvalue weighted by molar-refractivity contribution is 0.0690. The number of aryl methyl sites for hydroxylation is 3. The van der Waals surface area contributed by atoms with Crippen LogP contribution in [0.3, 0.4) is 0 Å². The van der Waals surface area contributed by atoms with E-state index in [2.05, 4.69) is 16.4 Å². The van der Waals surface area contributed by atoms with Gasteiger partial charge < -0.3 is 10.2 Å². The molecule has 1 saturated carbocycles. The summed E-state index contributed by atoms with van der Waals surface area (Å²) < 4.78 is 14.1. The molecule has 7 heteroatoms. The van der Waals surface area contributed by atoms with Crippen LogP contribution in [0, 0.1) is 38.4 Å². The summed E-state index contributed by atoms with van der Waals surface area (Å²) in [5, 5.41) is 3.72. The van der Waals surface area contributed by atoms with Crippen molar-refractivity contribution in [3.8, 4) is 10.4 Å². The number of nitrogens with zero attached hydrogens (tertiary/aromatic N) is 2. The van der Waals surface area contributed by atoms with Gasteiger partial charge in [0.1, 0.15) is 11.5 Å². The van der Waals surface area contributed by atoms with Crippen LogP contribution in [0.1, 0.15) is 43.4 Å². The summed E-state index contributed by atoms with van der Waals surface area (Å²) in [6.07, 6.45) is 1.06. The van der Waals surface area contributed by atoms with E-state index >= 15 is 0 Å². The molecule has 2 amide bonds. The average Bonchev–Trinajstić information content (AvgIpc) is 3.30. The molecule has 5 nitrogen and oxygen atoms in total. The first-order valence-corrected chi connectivity index (χ1v) is 12.0. The van der Waals surface area contributed by atoms with Gasteiger partial charge in [-0.1, -0.05) is 41.5 Å². The predicted molar refractivity (Wildman–Crippen MR) is 127 cm³/mol. The van der Waals surface area contributed by atoms with Crippen molar-refractivity contribution in [3.05, 3.63) is 75.7 Å². The highest BCUT2D eigenvalue weighted by Gasteiger charge is 2.54. The van der Waals surface area contributed by atoms with Crippen molar-refractivity contribution >= 4 is 23.2 Å². The van der Waals surface area contributed by atoms with Gasteiger partial charge in [0, 0.05) is 13.1 Å². The maximum Gasteiger partial charge on any atom is 0.274 e. The Labute approximate surface area is 196 Å². The fraction of sp³-hybridized carbons (Fsp3) is 0.346. The molecule has 3 aromatic rings. The van der Waals surface area contributed by atoms with E-state index in [1.54, 1.807) is 12.1 Å². The number of carbonyl (C=O) groups is 2. The standard InChI is InChI=1S/C26H26FN3O2S/c1-14-5-4-6-17(9-14)24-23(29-16(3)33-24)26(32)30-13-18-11-19(18)22(30)12-28-25(31)20-10-15(2)7-8-21(20)27/h4-10,18-19,22H,11-13H2,1-3H3,(H,28,31). The monoisotopic (exact) mass is 463 g/mol. The van der Waals surface area contributed by atoms with Crippen LogP contribution in [-0.4, -0.2) is 40.8 Å². The fourth-order valence-electron chi connectivity index (χ4n) is 4.86. The Morgan fingerprint density at radius 1 is 1.15 bits per heavy atom. The molecule has 2 aliphatic rings. The number of fused-ring (bicyclic) bond motifs is 1. The lowest BCUT2D eigenvalue weighted by atomic mass is 10.1. The quantitative estimate of drug-likeness (QED) is 0.593. The molecule has 0 spiro atoms. The first-order chi connectivity index (χ1) is 15.8. The average molecular weight is 464 g/mol. The Balaban J connectivity index is 1.36. The predicted octanol–water partition coefficient (Wildman–Crippen LogP) is 4.76. The van der Waals surface area contributed by atoms with E-state index in [4.69, 9.17) is 0 Å². The van der Waals surface area contributed by atoms with Crippen LogP contribution in [-0.2, 0) is 0 Å². The number of benzene rings is 2. The maximum atomic E-state index is 14.1. The maximum absolute atomic E-state index is 14.1. The zero-order valence-corrected chi connectivity index (χ0v) is 19.7. The van der Waals surface area contributed by atoms with Crippen molar-refractivity contribution in [2.45, 2.75) is 33.2 Å². The number of amides is 2. The normalized spacial score (nSPS) is 21.1. The minimum Gasteiger partial charge on any atom is -0.350 e. The minimum atomic E-state index is -0.539. The highest BCUT2D eigenvalue weighted by atomic mass is 32.1. The molecule has 170 valence electrons. The number of hydrogen-bond acceptors (Lipinski definition) is 4. The molecule has 2 fully saturated rings. The van der Waals surface area contributed by atoms with Gasteiger partial charge in [-0.05, 0) is 56.7 Å². The van der Waals surface area contributed by atoms with Crippen LogP contribution in [0.4, 0.5) is 4.39 Å². The summed E-state index contributed by atoms with van der Waals surface area (Å²) >= 11 is 1.52. The Morgan fingerprint density at radius 3 is 2.73 bits per heavy atom. The highest BCUT2D eigenvalue weighted by Crippen LogP contribution is 2.50. The van der Waals surface area contributed by atoms with Crippen LogP contribution < -0.4 is 5.32 Å². The molecule has 33 heavy (non-hydrogen) atoms. The largest absolute Gasteiger partial charge is 0.350 e. The second-order valence-corrected chi connectivity index (χ2v) is 10.4. The van der Waals surface area contributed by atoms with E-state index in [9.17, 15) is 14.0 Å². The van der Waals surface area contributed by atoms with E-state index < -0.39 is 11.7 Å². The first kappa shape index (κ1) is 21.8. The number of aromatic nitrogens is 1. The third-order valence-electron chi connectivity index (χ3n) is 6.62. The molecule has 1 aliphatic heterocycles. The minimum absolute atomic E-state index is 0.0371. The summed E-state index contributed by atoms with van der Waals surface area (Å²) in [5.41, 5.74) is 3.46. The van der Waals surface area contributed by atoms with Gasteiger partial charge in [0.25, 0.3) is 11.8 Å². The molecule has 2 aromatic carbocycles. The van der Waals surface area contributed by atoms with Crippen molar-refractivity contribution in [2.75, 3.05) is 13.1 Å². The molecule has 1 N–H and O–H groups in total. The number of piperidine rings is 1. The van der Waals surface area contributed by atoms with Crippen molar-refractivity contribution in [1.29, 1.82) is 0 Å². The summed E-state index contributed by atoms with van der Waals surface area (Å²) in [7, 11) is 0. The number of likely N-dealkylation sites (tertiary alicyclic amines) is 1. The Kier molecular flexibility index (Phi) is 5.52. The number of halogens is 1. The van der Waals surface area contributed by atoms with E-state index in [1.807, 2.05) is 43.9 Å². The van der Waals surface area contributed by atoms with Crippen molar-refractivity contribution in [1.82, 2.24) is 15.2 Å². The van der Waals surface area contributed by atoms with Gasteiger partial charge in [-0.3, -0.25) is 9.59 Å². The van der Waals surface area contributed by atoms with E-state index in [-0.39, 0.29) is 17.5 Å². The SMILES string of the molecule is Cc1cccc(-c2sc(C)nc2C(=O)N2CC3CC3C2CNC(=O)c2cc(C)ccc2F)c1. The van der Waals surface area contributed by atoms with Crippen LogP contribution in [0.2, 0.25) is 0 Å². The van der Waals surface area contributed by atoms with Gasteiger partial charge in [-0.15, -0.1) is 11.3 Å². The summed E-state index contributed by atoms with van der Waals surface area (Å²) in [5.74, 6) is -0.239. The Bertz CT molecular complexity index is 1250. The second kappa shape index (κ2) is 8.37. The van der Waals surface area contributed by atoms with E-state index in [0.717, 1.165) is 33.0 Å². The number of thiazole rings is 1. The number of nitrogens with one attached hydrogen (secondary N) is 1. The first-order valence-electron chi connectivity index (χ1n) is 11.2. The lowest BCUT2D eigenvalue weighted by Gasteiger charge is -2.27. The molecule has 1 aliphatic carbocycles. The smallest absolute Gasteiger partial charge is 0.274 e. The van der Waals surface area contributed by atoms with Gasteiger partial charge in [0.15, 0.2) is 0 Å². The van der Waals surface area contributed by atoms with E-state index in [1.165, 1.54) is 17.4 Å². The number of carbonyl (C=O) groups excluding carboxylic acids is 2. The third kappa shape index (κ3) is 4.17. The molecule has 5 rings (SSSR count). The van der Waals surface area contributed by atoms with Gasteiger partial charge in [-0.2, -0.15) is 0 Å². The molecular weight excluding hydrogens is 437 g/mol. The third-order valence-corrected chi connectivity index (χ3v) is 7.64. The van der Waals surface area contributed by atoms with Crippen molar-refractivity contribution < 1.29 is 14.0 Å². The zero-order chi connectivity index (χ0) is 23.3. The van der Waals surface area contributed by atoms with Crippen LogP contribution in [0.5, 0.6) is 0 Å². The van der Waals surface area contributed by atoms with Crippen LogP contribution in [0.25, 0.3) is 10.4 Å². The van der Waals surface area contributed by atoms with Crippen LogP contribution in [0.15, 0.2) is 42.5 Å². The molecular formula is C26H26FN3O2S. The molecule has 1 saturated heterocycles. The number of hydrogen-bond donors (Lipinski definition) is 1. The molecule has 0 radical (unpaired) electrons. The lowest BCUT2D eigenvalue weighted by Crippen LogP contribution is -2.45. The van der Waals surface area contributed by atoms with Gasteiger partial charge in [0.05, 0.1) is 21.5 Å². The van der Waals surface area contributed by atoms with E-state index in [0.29, 0.717) is 30.6 Å². The highest BCUT2D eigenvalue weighted by molar-refractivity contribution is 7.15. The molecule has 0 bridgehead atoms. The van der Waals surface area contributed by atoms with Crippen molar-refractivity contribution in [2.24, 2.45) is 11.8 Å². The van der Waals surface area contributed by atoms with Gasteiger partial charge >= 0.3 is 0 Å². The summed E-state index contributed by atoms with van der Waals surface area (Å²) in [4.78, 5) is 33.6. The topological polar surface area (TPSA) is 62.3 Å². The summed E-state index contributed by atoms with van der Waals surface area (Å²) in [6, 6.07) is 12.5. The second-order valence-electron chi connectivity index (χ2n) is 9.16. The van der Waals surface area contributed by atoms with Gasteiger partial charge in [-0.25, -0.2) is 9.37 Å². The van der Waals surface area contributed by atoms with Crippen molar-refractivity contribution in [3.63, 3.8) is 0 Å².